The maximum Gasteiger partial charge on any atom is 0.282 e. The molecule has 2 aliphatic rings. The SMILES string of the molecule is CCN(Cc1ccccc1)S(=O)(=O)N1CCC(N2CCNCC2)C1. The fourth-order valence-corrected chi connectivity index (χ4v) is 5.23. The third kappa shape index (κ3) is 3.97. The number of nitrogens with zero attached hydrogens (tertiary/aromatic N) is 3. The number of benzene rings is 1. The zero-order chi connectivity index (χ0) is 17.0. The molecule has 1 unspecified atom stereocenters. The predicted molar refractivity (Wildman–Crippen MR) is 95.9 cm³/mol. The topological polar surface area (TPSA) is 55.9 Å². The minimum absolute atomic E-state index is 0.359. The zero-order valence-corrected chi connectivity index (χ0v) is 15.2. The molecule has 0 amide bonds. The van der Waals surface area contributed by atoms with Crippen molar-refractivity contribution in [3.05, 3.63) is 35.9 Å². The summed E-state index contributed by atoms with van der Waals surface area (Å²) < 4.78 is 29.3. The van der Waals surface area contributed by atoms with Gasteiger partial charge in [0.2, 0.25) is 0 Å². The largest absolute Gasteiger partial charge is 0.314 e. The molecule has 134 valence electrons. The van der Waals surface area contributed by atoms with Crippen molar-refractivity contribution in [3.8, 4) is 0 Å². The van der Waals surface area contributed by atoms with Crippen LogP contribution >= 0.6 is 0 Å². The maximum absolute atomic E-state index is 13.0. The Kier molecular flexibility index (Phi) is 5.89. The number of rotatable bonds is 6. The monoisotopic (exact) mass is 352 g/mol. The van der Waals surface area contributed by atoms with Crippen molar-refractivity contribution >= 4 is 10.2 Å². The average molecular weight is 353 g/mol. The molecule has 2 aliphatic heterocycles. The minimum Gasteiger partial charge on any atom is -0.314 e. The lowest BCUT2D eigenvalue weighted by Gasteiger charge is -2.33. The molecule has 0 bridgehead atoms. The Hall–Kier alpha value is -0.990. The Balaban J connectivity index is 1.65. The van der Waals surface area contributed by atoms with Crippen molar-refractivity contribution in [2.24, 2.45) is 0 Å². The van der Waals surface area contributed by atoms with E-state index in [2.05, 4.69) is 10.2 Å². The second kappa shape index (κ2) is 7.93. The molecule has 0 aromatic heterocycles. The molecule has 7 heteroatoms. The number of piperazine rings is 1. The Morgan fingerprint density at radius 1 is 1.17 bits per heavy atom. The van der Waals surface area contributed by atoms with Gasteiger partial charge in [-0.1, -0.05) is 37.3 Å². The minimum atomic E-state index is -3.40. The highest BCUT2D eigenvalue weighted by Crippen LogP contribution is 2.22. The molecule has 1 aromatic rings. The first-order valence-electron chi connectivity index (χ1n) is 8.85. The highest BCUT2D eigenvalue weighted by molar-refractivity contribution is 7.86. The van der Waals surface area contributed by atoms with Crippen LogP contribution in [0, 0.1) is 0 Å². The van der Waals surface area contributed by atoms with Crippen LogP contribution < -0.4 is 5.32 Å². The van der Waals surface area contributed by atoms with Gasteiger partial charge in [-0.2, -0.15) is 17.0 Å². The summed E-state index contributed by atoms with van der Waals surface area (Å²) in [6, 6.07) is 10.2. The quantitative estimate of drug-likeness (QED) is 0.820. The summed E-state index contributed by atoms with van der Waals surface area (Å²) in [5, 5.41) is 3.35. The van der Waals surface area contributed by atoms with E-state index in [4.69, 9.17) is 0 Å². The molecule has 1 aromatic carbocycles. The van der Waals surface area contributed by atoms with Gasteiger partial charge >= 0.3 is 0 Å². The number of hydrogen-bond donors (Lipinski definition) is 1. The molecule has 3 rings (SSSR count). The fraction of sp³-hybridized carbons (Fsp3) is 0.647. The van der Waals surface area contributed by atoms with Crippen LogP contribution in [-0.2, 0) is 16.8 Å². The standard InChI is InChI=1S/C17H28N4O2S/c1-2-20(14-16-6-4-3-5-7-16)24(22,23)21-11-8-17(15-21)19-12-9-18-10-13-19/h3-7,17-18H,2,8-15H2,1H3. The molecule has 2 saturated heterocycles. The van der Waals surface area contributed by atoms with Crippen LogP contribution in [0.15, 0.2) is 30.3 Å². The Morgan fingerprint density at radius 3 is 2.54 bits per heavy atom. The van der Waals surface area contributed by atoms with E-state index in [1.807, 2.05) is 37.3 Å². The van der Waals surface area contributed by atoms with Crippen molar-refractivity contribution in [2.45, 2.75) is 25.9 Å². The number of hydrogen-bond acceptors (Lipinski definition) is 4. The molecule has 1 atom stereocenters. The lowest BCUT2D eigenvalue weighted by Crippen LogP contribution is -2.50. The summed E-state index contributed by atoms with van der Waals surface area (Å²) in [6.07, 6.45) is 0.933. The summed E-state index contributed by atoms with van der Waals surface area (Å²) in [6.45, 7) is 8.11. The van der Waals surface area contributed by atoms with Gasteiger partial charge in [-0.05, 0) is 12.0 Å². The molecule has 2 heterocycles. The van der Waals surface area contributed by atoms with Crippen molar-refractivity contribution in [1.29, 1.82) is 0 Å². The Bertz CT molecular complexity index is 617. The van der Waals surface area contributed by atoms with E-state index in [9.17, 15) is 8.42 Å². The van der Waals surface area contributed by atoms with Gasteiger partial charge < -0.3 is 5.32 Å². The maximum atomic E-state index is 13.0. The molecular weight excluding hydrogens is 324 g/mol. The molecule has 0 radical (unpaired) electrons. The normalized spacial score (nSPS) is 23.8. The van der Waals surface area contributed by atoms with Crippen LogP contribution in [0.5, 0.6) is 0 Å². The van der Waals surface area contributed by atoms with Crippen molar-refractivity contribution in [2.75, 3.05) is 45.8 Å². The van der Waals surface area contributed by atoms with Crippen molar-refractivity contribution < 1.29 is 8.42 Å². The highest BCUT2D eigenvalue weighted by atomic mass is 32.2. The third-order valence-electron chi connectivity index (χ3n) is 5.00. The van der Waals surface area contributed by atoms with Gasteiger partial charge in [0.25, 0.3) is 10.2 Å². The van der Waals surface area contributed by atoms with Gasteiger partial charge in [0.15, 0.2) is 0 Å². The fourth-order valence-electron chi connectivity index (χ4n) is 3.57. The first-order valence-corrected chi connectivity index (χ1v) is 10.2. The average Bonchev–Trinajstić information content (AvgIpc) is 3.12. The van der Waals surface area contributed by atoms with E-state index in [0.717, 1.165) is 38.2 Å². The zero-order valence-electron chi connectivity index (χ0n) is 14.4. The van der Waals surface area contributed by atoms with Gasteiger partial charge in [-0.3, -0.25) is 4.90 Å². The van der Waals surface area contributed by atoms with E-state index in [-0.39, 0.29) is 0 Å². The van der Waals surface area contributed by atoms with Crippen molar-refractivity contribution in [3.63, 3.8) is 0 Å². The van der Waals surface area contributed by atoms with Gasteiger partial charge in [0.1, 0.15) is 0 Å². The van der Waals surface area contributed by atoms with Crippen molar-refractivity contribution in [1.82, 2.24) is 18.8 Å². The lowest BCUT2D eigenvalue weighted by molar-refractivity contribution is 0.179. The van der Waals surface area contributed by atoms with E-state index in [1.54, 1.807) is 8.61 Å². The van der Waals surface area contributed by atoms with Crippen LogP contribution in [0.25, 0.3) is 0 Å². The first kappa shape index (κ1) is 17.8. The van der Waals surface area contributed by atoms with Gasteiger partial charge in [0.05, 0.1) is 0 Å². The smallest absolute Gasteiger partial charge is 0.282 e. The van der Waals surface area contributed by atoms with Crippen LogP contribution in [0.3, 0.4) is 0 Å². The second-order valence-corrected chi connectivity index (χ2v) is 8.43. The molecular formula is C17H28N4O2S. The molecule has 0 spiro atoms. The summed E-state index contributed by atoms with van der Waals surface area (Å²) in [5.41, 5.74) is 1.03. The lowest BCUT2D eigenvalue weighted by atomic mass is 10.2. The van der Waals surface area contributed by atoms with Crippen LogP contribution in [0.2, 0.25) is 0 Å². The van der Waals surface area contributed by atoms with Crippen LogP contribution in [0.1, 0.15) is 18.9 Å². The second-order valence-electron chi connectivity index (χ2n) is 6.51. The van der Waals surface area contributed by atoms with E-state index >= 15 is 0 Å². The molecule has 0 saturated carbocycles. The van der Waals surface area contributed by atoms with Gasteiger partial charge in [-0.25, -0.2) is 0 Å². The summed E-state index contributed by atoms with van der Waals surface area (Å²) in [5.74, 6) is 0. The first-order chi connectivity index (χ1) is 11.6. The van der Waals surface area contributed by atoms with Crippen LogP contribution in [-0.4, -0.2) is 73.8 Å². The van der Waals surface area contributed by atoms with Gasteiger partial charge in [-0.15, -0.1) is 0 Å². The Labute approximate surface area is 145 Å². The van der Waals surface area contributed by atoms with E-state index in [0.29, 0.717) is 32.2 Å². The molecule has 24 heavy (non-hydrogen) atoms. The predicted octanol–water partition coefficient (Wildman–Crippen LogP) is 0.733. The van der Waals surface area contributed by atoms with Gasteiger partial charge in [0, 0.05) is 58.4 Å². The summed E-state index contributed by atoms with van der Waals surface area (Å²) in [4.78, 5) is 2.43. The number of nitrogens with one attached hydrogen (secondary N) is 1. The van der Waals surface area contributed by atoms with E-state index in [1.165, 1.54) is 0 Å². The Morgan fingerprint density at radius 2 is 1.88 bits per heavy atom. The van der Waals surface area contributed by atoms with E-state index < -0.39 is 10.2 Å². The summed E-state index contributed by atoms with van der Waals surface area (Å²) >= 11 is 0. The highest BCUT2D eigenvalue weighted by Gasteiger charge is 2.37. The molecule has 2 fully saturated rings. The molecule has 6 nitrogen and oxygen atoms in total. The summed E-state index contributed by atoms with van der Waals surface area (Å²) in [7, 11) is -3.40. The third-order valence-corrected chi connectivity index (χ3v) is 7.03. The van der Waals surface area contributed by atoms with Crippen LogP contribution in [0.4, 0.5) is 0 Å². The molecule has 0 aliphatic carbocycles. The molecule has 1 N–H and O–H groups in total.